The van der Waals surface area contributed by atoms with Crippen molar-refractivity contribution < 1.29 is 9.15 Å². The summed E-state index contributed by atoms with van der Waals surface area (Å²) in [5, 5.41) is 0. The van der Waals surface area contributed by atoms with E-state index < -0.39 is 0 Å². The van der Waals surface area contributed by atoms with Crippen LogP contribution in [0.25, 0.3) is 0 Å². The number of hydrogen-bond donors (Lipinski definition) is 1. The molecular formula is C16H27NO2. The molecule has 0 aromatic carbocycles. The van der Waals surface area contributed by atoms with E-state index in [1.807, 2.05) is 26.0 Å². The van der Waals surface area contributed by atoms with Crippen LogP contribution in [-0.2, 0) is 4.74 Å². The first-order valence-electron chi connectivity index (χ1n) is 7.35. The van der Waals surface area contributed by atoms with Crippen molar-refractivity contribution >= 4 is 0 Å². The highest BCUT2D eigenvalue weighted by Gasteiger charge is 2.31. The zero-order chi connectivity index (χ0) is 14.0. The van der Waals surface area contributed by atoms with Gasteiger partial charge in [-0.1, -0.05) is 13.8 Å². The van der Waals surface area contributed by atoms with Gasteiger partial charge in [-0.3, -0.25) is 0 Å². The van der Waals surface area contributed by atoms with Crippen molar-refractivity contribution in [1.82, 2.24) is 0 Å². The third kappa shape index (κ3) is 3.83. The summed E-state index contributed by atoms with van der Waals surface area (Å²) in [6.07, 6.45) is 4.88. The second kappa shape index (κ2) is 5.68. The van der Waals surface area contributed by atoms with E-state index in [0.717, 1.165) is 24.4 Å². The molecule has 108 valence electrons. The Morgan fingerprint density at radius 3 is 2.42 bits per heavy atom. The van der Waals surface area contributed by atoms with Gasteiger partial charge in [0.05, 0.1) is 6.10 Å². The molecule has 2 atom stereocenters. The molecular weight excluding hydrogens is 238 g/mol. The molecule has 1 aromatic rings. The maximum Gasteiger partial charge on any atom is 0.134 e. The van der Waals surface area contributed by atoms with Crippen molar-refractivity contribution in [1.29, 1.82) is 0 Å². The van der Waals surface area contributed by atoms with Crippen molar-refractivity contribution in [2.24, 2.45) is 11.1 Å². The minimum absolute atomic E-state index is 0.0551. The Hall–Kier alpha value is -0.800. The molecule has 1 aromatic heterocycles. The number of aryl methyl sites for hydroxylation is 1. The van der Waals surface area contributed by atoms with E-state index in [-0.39, 0.29) is 12.1 Å². The average Bonchev–Trinajstić information content (AvgIpc) is 2.74. The zero-order valence-electron chi connectivity index (χ0n) is 12.6. The first-order chi connectivity index (χ1) is 8.87. The lowest BCUT2D eigenvalue weighted by Crippen LogP contribution is -2.33. The highest BCUT2D eigenvalue weighted by molar-refractivity contribution is 5.10. The van der Waals surface area contributed by atoms with E-state index in [2.05, 4.69) is 13.8 Å². The zero-order valence-corrected chi connectivity index (χ0v) is 12.6. The summed E-state index contributed by atoms with van der Waals surface area (Å²) in [5.41, 5.74) is 6.53. The number of rotatable bonds is 4. The molecule has 1 saturated carbocycles. The maximum absolute atomic E-state index is 6.23. The largest absolute Gasteiger partial charge is 0.464 e. The Labute approximate surface area is 116 Å². The minimum Gasteiger partial charge on any atom is -0.464 e. The maximum atomic E-state index is 6.23. The van der Waals surface area contributed by atoms with Crippen LogP contribution in [0.5, 0.6) is 0 Å². The Morgan fingerprint density at radius 2 is 1.95 bits per heavy atom. The van der Waals surface area contributed by atoms with Gasteiger partial charge in [0.2, 0.25) is 0 Å². The van der Waals surface area contributed by atoms with E-state index in [9.17, 15) is 0 Å². The molecule has 2 N–H and O–H groups in total. The standard InChI is InChI=1S/C16H27NO2/c1-11-5-6-14(18-11)15(12(2)17)19-13-7-9-16(3,4)10-8-13/h5-6,12-13,15H,7-10,17H2,1-4H3. The van der Waals surface area contributed by atoms with Crippen LogP contribution in [0.1, 0.15) is 64.1 Å². The van der Waals surface area contributed by atoms with Crippen LogP contribution in [0.3, 0.4) is 0 Å². The minimum atomic E-state index is -0.125. The molecule has 2 unspecified atom stereocenters. The van der Waals surface area contributed by atoms with Crippen LogP contribution < -0.4 is 5.73 Å². The van der Waals surface area contributed by atoms with Crippen molar-refractivity contribution in [3.63, 3.8) is 0 Å². The lowest BCUT2D eigenvalue weighted by atomic mass is 9.76. The molecule has 1 aliphatic rings. The summed E-state index contributed by atoms with van der Waals surface area (Å²) in [7, 11) is 0. The van der Waals surface area contributed by atoms with Gasteiger partial charge in [-0.25, -0.2) is 0 Å². The predicted octanol–water partition coefficient (Wildman–Crippen LogP) is 3.96. The number of nitrogens with two attached hydrogens (primary N) is 1. The first-order valence-corrected chi connectivity index (χ1v) is 7.35. The Balaban J connectivity index is 1.98. The van der Waals surface area contributed by atoms with Crippen molar-refractivity contribution in [2.75, 3.05) is 0 Å². The van der Waals surface area contributed by atoms with Crippen LogP contribution in [0.4, 0.5) is 0 Å². The Bertz CT molecular complexity index is 399. The SMILES string of the molecule is Cc1ccc(C(OC2CCC(C)(C)CC2)C(C)N)o1. The van der Waals surface area contributed by atoms with E-state index in [1.165, 1.54) is 12.8 Å². The summed E-state index contributed by atoms with van der Waals surface area (Å²) in [6.45, 7) is 8.60. The normalized spacial score (nSPS) is 23.2. The number of ether oxygens (including phenoxy) is 1. The van der Waals surface area contributed by atoms with E-state index >= 15 is 0 Å². The molecule has 2 rings (SSSR count). The molecule has 1 fully saturated rings. The van der Waals surface area contributed by atoms with Gasteiger partial charge in [-0.05, 0) is 57.1 Å². The van der Waals surface area contributed by atoms with Gasteiger partial charge in [0, 0.05) is 6.04 Å². The average molecular weight is 265 g/mol. The summed E-state index contributed by atoms with van der Waals surface area (Å²) in [5.74, 6) is 1.77. The predicted molar refractivity (Wildman–Crippen MR) is 77.0 cm³/mol. The fourth-order valence-electron chi connectivity index (χ4n) is 2.77. The molecule has 1 aliphatic carbocycles. The Kier molecular flexibility index (Phi) is 4.36. The fraction of sp³-hybridized carbons (Fsp3) is 0.750. The first kappa shape index (κ1) is 14.6. The summed E-state index contributed by atoms with van der Waals surface area (Å²) < 4.78 is 11.9. The third-order valence-electron chi connectivity index (χ3n) is 4.14. The van der Waals surface area contributed by atoms with Gasteiger partial charge in [-0.2, -0.15) is 0 Å². The third-order valence-corrected chi connectivity index (χ3v) is 4.14. The lowest BCUT2D eigenvalue weighted by molar-refractivity contribution is -0.0632. The molecule has 0 spiro atoms. The summed E-state index contributed by atoms with van der Waals surface area (Å²) >= 11 is 0. The second-order valence-corrected chi connectivity index (χ2v) is 6.73. The molecule has 3 nitrogen and oxygen atoms in total. The Morgan fingerprint density at radius 1 is 1.32 bits per heavy atom. The van der Waals surface area contributed by atoms with Crippen LogP contribution in [0, 0.1) is 12.3 Å². The van der Waals surface area contributed by atoms with Crippen LogP contribution >= 0.6 is 0 Å². The molecule has 0 bridgehead atoms. The monoisotopic (exact) mass is 265 g/mol. The van der Waals surface area contributed by atoms with Crippen LogP contribution in [0.2, 0.25) is 0 Å². The van der Waals surface area contributed by atoms with Gasteiger partial charge in [0.15, 0.2) is 0 Å². The highest BCUT2D eigenvalue weighted by atomic mass is 16.5. The molecule has 0 saturated heterocycles. The van der Waals surface area contributed by atoms with E-state index in [0.29, 0.717) is 11.5 Å². The van der Waals surface area contributed by atoms with Gasteiger partial charge < -0.3 is 14.9 Å². The number of furan rings is 1. The second-order valence-electron chi connectivity index (χ2n) is 6.73. The van der Waals surface area contributed by atoms with Crippen molar-refractivity contribution in [3.8, 4) is 0 Å². The fourth-order valence-corrected chi connectivity index (χ4v) is 2.77. The molecule has 0 amide bonds. The molecule has 19 heavy (non-hydrogen) atoms. The van der Waals surface area contributed by atoms with Crippen LogP contribution in [-0.4, -0.2) is 12.1 Å². The number of hydrogen-bond acceptors (Lipinski definition) is 3. The van der Waals surface area contributed by atoms with Crippen molar-refractivity contribution in [3.05, 3.63) is 23.7 Å². The quantitative estimate of drug-likeness (QED) is 0.896. The lowest BCUT2D eigenvalue weighted by Gasteiger charge is -2.36. The molecule has 0 radical (unpaired) electrons. The van der Waals surface area contributed by atoms with Gasteiger partial charge in [0.1, 0.15) is 17.6 Å². The van der Waals surface area contributed by atoms with E-state index in [4.69, 9.17) is 14.9 Å². The summed E-state index contributed by atoms with van der Waals surface area (Å²) in [6, 6.07) is 3.90. The summed E-state index contributed by atoms with van der Waals surface area (Å²) in [4.78, 5) is 0. The molecule has 1 heterocycles. The highest BCUT2D eigenvalue weighted by Crippen LogP contribution is 2.38. The smallest absolute Gasteiger partial charge is 0.134 e. The van der Waals surface area contributed by atoms with E-state index in [1.54, 1.807) is 0 Å². The van der Waals surface area contributed by atoms with Gasteiger partial charge in [0.25, 0.3) is 0 Å². The van der Waals surface area contributed by atoms with Crippen molar-refractivity contribution in [2.45, 2.75) is 71.6 Å². The van der Waals surface area contributed by atoms with Gasteiger partial charge in [-0.15, -0.1) is 0 Å². The molecule has 3 heteroatoms. The molecule has 0 aliphatic heterocycles. The van der Waals surface area contributed by atoms with Gasteiger partial charge >= 0.3 is 0 Å². The topological polar surface area (TPSA) is 48.4 Å². The van der Waals surface area contributed by atoms with Crippen LogP contribution in [0.15, 0.2) is 16.5 Å².